The highest BCUT2D eigenvalue weighted by Crippen LogP contribution is 2.17. The van der Waals surface area contributed by atoms with Gasteiger partial charge in [-0.05, 0) is 43.8 Å². The van der Waals surface area contributed by atoms with Crippen molar-refractivity contribution in [3.05, 3.63) is 0 Å². The molecule has 0 aromatic heterocycles. The molecule has 0 bridgehead atoms. The molecule has 1 saturated heterocycles. The zero-order valence-electron chi connectivity index (χ0n) is 11.8. The van der Waals surface area contributed by atoms with Gasteiger partial charge >= 0.3 is 0 Å². The summed E-state index contributed by atoms with van der Waals surface area (Å²) in [6.07, 6.45) is 1.32. The summed E-state index contributed by atoms with van der Waals surface area (Å²) in [7, 11) is 0. The van der Waals surface area contributed by atoms with Gasteiger partial charge in [0.25, 0.3) is 0 Å². The molecule has 1 aliphatic heterocycles. The Kier molecular flexibility index (Phi) is 5.77. The van der Waals surface area contributed by atoms with Gasteiger partial charge in [0.15, 0.2) is 0 Å². The van der Waals surface area contributed by atoms with Crippen LogP contribution in [0.25, 0.3) is 0 Å². The van der Waals surface area contributed by atoms with E-state index in [2.05, 4.69) is 44.8 Å². The summed E-state index contributed by atoms with van der Waals surface area (Å²) in [6.45, 7) is 16.6. The number of hydrogen-bond acceptors (Lipinski definition) is 2. The Morgan fingerprint density at radius 2 is 2.00 bits per heavy atom. The number of piperidine rings is 1. The number of rotatable bonds is 5. The van der Waals surface area contributed by atoms with E-state index in [9.17, 15) is 0 Å². The van der Waals surface area contributed by atoms with E-state index in [4.69, 9.17) is 0 Å². The van der Waals surface area contributed by atoms with E-state index in [1.165, 1.54) is 32.6 Å². The molecule has 1 N–H and O–H groups in total. The summed E-state index contributed by atoms with van der Waals surface area (Å²) in [4.78, 5) is 2.56. The van der Waals surface area contributed by atoms with Crippen molar-refractivity contribution < 1.29 is 0 Å². The van der Waals surface area contributed by atoms with Crippen molar-refractivity contribution in [3.8, 4) is 0 Å². The maximum atomic E-state index is 3.77. The van der Waals surface area contributed by atoms with Crippen LogP contribution >= 0.6 is 0 Å². The van der Waals surface area contributed by atoms with E-state index in [1.54, 1.807) is 0 Å². The third-order valence-corrected chi connectivity index (χ3v) is 4.28. The fourth-order valence-corrected chi connectivity index (χ4v) is 2.40. The number of likely N-dealkylation sites (tertiary alicyclic amines) is 1. The van der Waals surface area contributed by atoms with Gasteiger partial charge < -0.3 is 10.2 Å². The van der Waals surface area contributed by atoms with Gasteiger partial charge in [-0.2, -0.15) is 0 Å². The Labute approximate surface area is 102 Å². The van der Waals surface area contributed by atoms with Gasteiger partial charge in [0.1, 0.15) is 0 Å². The summed E-state index contributed by atoms with van der Waals surface area (Å²) in [5.41, 5.74) is 0. The summed E-state index contributed by atoms with van der Waals surface area (Å²) in [6, 6.07) is 0.740. The van der Waals surface area contributed by atoms with Gasteiger partial charge in [-0.25, -0.2) is 0 Å². The first-order chi connectivity index (χ1) is 7.54. The predicted molar refractivity (Wildman–Crippen MR) is 71.7 cm³/mol. The molecular formula is C14H30N2. The maximum Gasteiger partial charge on any atom is 0.0117 e. The molecule has 0 amide bonds. The van der Waals surface area contributed by atoms with Crippen LogP contribution in [0.4, 0.5) is 0 Å². The smallest absolute Gasteiger partial charge is 0.0117 e. The monoisotopic (exact) mass is 226 g/mol. The van der Waals surface area contributed by atoms with Crippen LogP contribution in [-0.4, -0.2) is 37.1 Å². The lowest BCUT2D eigenvalue weighted by molar-refractivity contribution is 0.149. The normalized spacial score (nSPS) is 29.6. The molecule has 0 aliphatic carbocycles. The van der Waals surface area contributed by atoms with Crippen LogP contribution in [0.15, 0.2) is 0 Å². The molecule has 0 radical (unpaired) electrons. The molecule has 0 spiro atoms. The van der Waals surface area contributed by atoms with Gasteiger partial charge in [0, 0.05) is 12.6 Å². The zero-order valence-corrected chi connectivity index (χ0v) is 11.8. The minimum absolute atomic E-state index is 0.740. The number of nitrogens with zero attached hydrogens (tertiary/aromatic N) is 1. The second kappa shape index (κ2) is 6.61. The molecule has 3 atom stereocenters. The molecule has 3 unspecified atom stereocenters. The second-order valence-corrected chi connectivity index (χ2v) is 5.90. The molecule has 16 heavy (non-hydrogen) atoms. The van der Waals surface area contributed by atoms with E-state index in [0.29, 0.717) is 0 Å². The second-order valence-electron chi connectivity index (χ2n) is 5.90. The van der Waals surface area contributed by atoms with E-state index in [1.807, 2.05) is 0 Å². The van der Waals surface area contributed by atoms with E-state index < -0.39 is 0 Å². The molecule has 2 heteroatoms. The largest absolute Gasteiger partial charge is 0.313 e. The molecule has 1 fully saturated rings. The highest BCUT2D eigenvalue weighted by atomic mass is 15.1. The summed E-state index contributed by atoms with van der Waals surface area (Å²) in [5, 5.41) is 3.77. The molecule has 1 aliphatic rings. The highest BCUT2D eigenvalue weighted by Gasteiger charge is 2.25. The van der Waals surface area contributed by atoms with E-state index in [-0.39, 0.29) is 0 Å². The third-order valence-electron chi connectivity index (χ3n) is 4.28. The lowest BCUT2D eigenvalue weighted by Gasteiger charge is -2.37. The van der Waals surface area contributed by atoms with Gasteiger partial charge in [-0.1, -0.05) is 34.6 Å². The van der Waals surface area contributed by atoms with Gasteiger partial charge in [0.2, 0.25) is 0 Å². The molecule has 1 rings (SSSR count). The standard InChI is InChI=1S/C14H30N2/c1-6-16-8-7-14(13(5)10-16)15-9-12(4)11(2)3/h11-15H,6-10H2,1-5H3. The van der Waals surface area contributed by atoms with Crippen LogP contribution in [0.3, 0.4) is 0 Å². The molecule has 0 aromatic carbocycles. The van der Waals surface area contributed by atoms with Crippen LogP contribution in [0.1, 0.15) is 41.0 Å². The van der Waals surface area contributed by atoms with Gasteiger partial charge in [-0.3, -0.25) is 0 Å². The van der Waals surface area contributed by atoms with Crippen LogP contribution < -0.4 is 5.32 Å². The van der Waals surface area contributed by atoms with Crippen LogP contribution in [0.2, 0.25) is 0 Å². The third kappa shape index (κ3) is 4.06. The maximum absolute atomic E-state index is 3.77. The van der Waals surface area contributed by atoms with Crippen molar-refractivity contribution in [2.75, 3.05) is 26.2 Å². The lowest BCUT2D eigenvalue weighted by atomic mass is 9.92. The van der Waals surface area contributed by atoms with E-state index in [0.717, 1.165) is 23.8 Å². The Balaban J connectivity index is 2.28. The van der Waals surface area contributed by atoms with Crippen molar-refractivity contribution in [1.29, 1.82) is 0 Å². The quantitative estimate of drug-likeness (QED) is 0.775. The predicted octanol–water partition coefficient (Wildman–Crippen LogP) is 2.60. The minimum Gasteiger partial charge on any atom is -0.313 e. The van der Waals surface area contributed by atoms with Crippen LogP contribution in [-0.2, 0) is 0 Å². The fourth-order valence-electron chi connectivity index (χ4n) is 2.40. The molecule has 2 nitrogen and oxygen atoms in total. The number of hydrogen-bond donors (Lipinski definition) is 1. The first-order valence-electron chi connectivity index (χ1n) is 7.00. The number of nitrogens with one attached hydrogen (secondary N) is 1. The van der Waals surface area contributed by atoms with E-state index >= 15 is 0 Å². The van der Waals surface area contributed by atoms with Crippen molar-refractivity contribution in [2.45, 2.75) is 47.1 Å². The fraction of sp³-hybridized carbons (Fsp3) is 1.00. The van der Waals surface area contributed by atoms with Gasteiger partial charge in [-0.15, -0.1) is 0 Å². The minimum atomic E-state index is 0.740. The SMILES string of the molecule is CCN1CCC(NCC(C)C(C)C)C(C)C1. The molecule has 96 valence electrons. The Bertz CT molecular complexity index is 191. The molecule has 1 heterocycles. The first-order valence-corrected chi connectivity index (χ1v) is 7.00. The summed E-state index contributed by atoms with van der Waals surface area (Å²) in [5.74, 6) is 2.38. The Morgan fingerprint density at radius 1 is 1.31 bits per heavy atom. The molecule has 0 saturated carbocycles. The van der Waals surface area contributed by atoms with Gasteiger partial charge in [0.05, 0.1) is 0 Å². The van der Waals surface area contributed by atoms with Crippen molar-refractivity contribution >= 4 is 0 Å². The molecule has 0 aromatic rings. The Morgan fingerprint density at radius 3 is 2.50 bits per heavy atom. The topological polar surface area (TPSA) is 15.3 Å². The van der Waals surface area contributed by atoms with Crippen molar-refractivity contribution in [3.63, 3.8) is 0 Å². The lowest BCUT2D eigenvalue weighted by Crippen LogP contribution is -2.49. The van der Waals surface area contributed by atoms with Crippen LogP contribution in [0.5, 0.6) is 0 Å². The summed E-state index contributed by atoms with van der Waals surface area (Å²) >= 11 is 0. The zero-order chi connectivity index (χ0) is 12.1. The molecular weight excluding hydrogens is 196 g/mol. The summed E-state index contributed by atoms with van der Waals surface area (Å²) < 4.78 is 0. The van der Waals surface area contributed by atoms with Crippen molar-refractivity contribution in [1.82, 2.24) is 10.2 Å². The first kappa shape index (κ1) is 14.0. The highest BCUT2D eigenvalue weighted by molar-refractivity contribution is 4.82. The van der Waals surface area contributed by atoms with Crippen molar-refractivity contribution in [2.24, 2.45) is 17.8 Å². The van der Waals surface area contributed by atoms with Crippen LogP contribution in [0, 0.1) is 17.8 Å². The average Bonchev–Trinajstić information content (AvgIpc) is 2.26. The average molecular weight is 226 g/mol. The Hall–Kier alpha value is -0.0800.